The molecule has 2 rings (SSSR count). The van der Waals surface area contributed by atoms with Crippen molar-refractivity contribution in [2.75, 3.05) is 5.32 Å². The normalized spacial score (nSPS) is 11.0. The van der Waals surface area contributed by atoms with Gasteiger partial charge in [0.15, 0.2) is 0 Å². The van der Waals surface area contributed by atoms with Gasteiger partial charge in [0.05, 0.1) is 5.56 Å². The third kappa shape index (κ3) is 4.61. The van der Waals surface area contributed by atoms with Gasteiger partial charge >= 0.3 is 0 Å². The van der Waals surface area contributed by atoms with Crippen molar-refractivity contribution in [2.45, 2.75) is 39.8 Å². The molecule has 1 heterocycles. The summed E-state index contributed by atoms with van der Waals surface area (Å²) in [5, 5.41) is 2.48. The number of aryl methyl sites for hydroxylation is 1. The maximum absolute atomic E-state index is 13.3. The Hall–Kier alpha value is -2.96. The number of halogens is 1. The Morgan fingerprint density at radius 2 is 1.70 bits per heavy atom. The molecule has 0 bridgehead atoms. The van der Waals surface area contributed by atoms with Crippen molar-refractivity contribution in [3.05, 3.63) is 63.8 Å². The van der Waals surface area contributed by atoms with E-state index in [2.05, 4.69) is 5.32 Å². The van der Waals surface area contributed by atoms with E-state index >= 15 is 0 Å². The first-order chi connectivity index (χ1) is 12.6. The predicted octanol–water partition coefficient (Wildman–Crippen LogP) is 3.04. The number of nitrogens with zero attached hydrogens (tertiary/aromatic N) is 2. The minimum atomic E-state index is -0.624. The molecule has 0 aliphatic heterocycles. The lowest BCUT2D eigenvalue weighted by atomic mass is 10.1. The second-order valence-electron chi connectivity index (χ2n) is 6.92. The Morgan fingerprint density at radius 3 is 2.26 bits per heavy atom. The molecular weight excluding hydrogens is 349 g/mol. The van der Waals surface area contributed by atoms with Crippen LogP contribution in [0.4, 0.5) is 10.1 Å². The Labute approximate surface area is 157 Å². The molecule has 0 radical (unpaired) electrons. The fourth-order valence-corrected chi connectivity index (χ4v) is 2.96. The van der Waals surface area contributed by atoms with Gasteiger partial charge in [-0.15, -0.1) is 0 Å². The Kier molecular flexibility index (Phi) is 6.15. The van der Waals surface area contributed by atoms with Gasteiger partial charge in [-0.2, -0.15) is 0 Å². The molecule has 1 N–H and O–H groups in total. The molecule has 2 amide bonds. The molecule has 0 saturated heterocycles. The summed E-state index contributed by atoms with van der Waals surface area (Å²) in [5.41, 5.74) is -0.129. The number of carbonyl (C=O) groups excluding carboxylic acids is 2. The third-order valence-electron chi connectivity index (χ3n) is 4.11. The van der Waals surface area contributed by atoms with Crippen LogP contribution < -0.4 is 10.9 Å². The van der Waals surface area contributed by atoms with Crippen LogP contribution in [0.2, 0.25) is 0 Å². The van der Waals surface area contributed by atoms with E-state index in [-0.39, 0.29) is 34.8 Å². The predicted molar refractivity (Wildman–Crippen MR) is 102 cm³/mol. The molecule has 0 aliphatic rings. The third-order valence-corrected chi connectivity index (χ3v) is 4.11. The van der Waals surface area contributed by atoms with Gasteiger partial charge in [-0.25, -0.2) is 4.39 Å². The quantitative estimate of drug-likeness (QED) is 0.876. The van der Waals surface area contributed by atoms with Crippen molar-refractivity contribution in [2.24, 2.45) is 7.05 Å². The summed E-state index contributed by atoms with van der Waals surface area (Å²) in [4.78, 5) is 39.3. The fraction of sp³-hybridized carbons (Fsp3) is 0.350. The lowest BCUT2D eigenvalue weighted by Crippen LogP contribution is -2.42. The lowest BCUT2D eigenvalue weighted by Gasteiger charge is -2.31. The minimum Gasteiger partial charge on any atom is -0.334 e. The van der Waals surface area contributed by atoms with E-state index in [0.717, 1.165) is 6.07 Å². The summed E-state index contributed by atoms with van der Waals surface area (Å²) in [6.07, 6.45) is 1.44. The molecule has 7 heteroatoms. The smallest absolute Gasteiger partial charge is 0.274 e. The SMILES string of the molecule is CC(C)N(C(=O)c1cc(NC(=O)c2cccc(F)c2)c(=O)n(C)c1)C(C)C. The summed E-state index contributed by atoms with van der Waals surface area (Å²) in [5.74, 6) is -1.42. The highest BCUT2D eigenvalue weighted by Gasteiger charge is 2.23. The second-order valence-corrected chi connectivity index (χ2v) is 6.92. The number of rotatable bonds is 5. The Balaban J connectivity index is 2.40. The molecule has 27 heavy (non-hydrogen) atoms. The summed E-state index contributed by atoms with van der Waals surface area (Å²) < 4.78 is 14.6. The van der Waals surface area contributed by atoms with Gasteiger partial charge in [-0.3, -0.25) is 14.4 Å². The maximum atomic E-state index is 13.3. The van der Waals surface area contributed by atoms with Crippen LogP contribution in [-0.2, 0) is 7.05 Å². The molecule has 144 valence electrons. The van der Waals surface area contributed by atoms with Gasteiger partial charge in [-0.05, 0) is 52.0 Å². The topological polar surface area (TPSA) is 71.4 Å². The monoisotopic (exact) mass is 373 g/mol. The van der Waals surface area contributed by atoms with Gasteiger partial charge in [0.1, 0.15) is 11.5 Å². The first-order valence-electron chi connectivity index (χ1n) is 8.72. The number of aromatic nitrogens is 1. The summed E-state index contributed by atoms with van der Waals surface area (Å²) in [6, 6.07) is 6.46. The van der Waals surface area contributed by atoms with E-state index < -0.39 is 17.3 Å². The fourth-order valence-electron chi connectivity index (χ4n) is 2.96. The number of nitrogens with one attached hydrogen (secondary N) is 1. The molecular formula is C20H24FN3O3. The van der Waals surface area contributed by atoms with E-state index in [1.54, 1.807) is 4.90 Å². The number of hydrogen-bond donors (Lipinski definition) is 1. The molecule has 0 aliphatic carbocycles. The van der Waals surface area contributed by atoms with Gasteiger partial charge in [-0.1, -0.05) is 6.07 Å². The Morgan fingerprint density at radius 1 is 1.07 bits per heavy atom. The van der Waals surface area contributed by atoms with Crippen molar-refractivity contribution in [1.29, 1.82) is 0 Å². The number of anilines is 1. The highest BCUT2D eigenvalue weighted by atomic mass is 19.1. The lowest BCUT2D eigenvalue weighted by molar-refractivity contribution is 0.0642. The molecule has 0 spiro atoms. The van der Waals surface area contributed by atoms with E-state index in [4.69, 9.17) is 0 Å². The molecule has 6 nitrogen and oxygen atoms in total. The van der Waals surface area contributed by atoms with Crippen LogP contribution >= 0.6 is 0 Å². The zero-order chi connectivity index (χ0) is 20.3. The standard InChI is InChI=1S/C20H24FN3O3/c1-12(2)24(13(3)4)19(26)15-10-17(20(27)23(5)11-15)22-18(25)14-7-6-8-16(21)9-14/h6-13H,1-5H3,(H,22,25). The number of benzene rings is 1. The molecule has 1 aromatic carbocycles. The molecule has 0 atom stereocenters. The maximum Gasteiger partial charge on any atom is 0.274 e. The largest absolute Gasteiger partial charge is 0.334 e. The van der Waals surface area contributed by atoms with Crippen LogP contribution in [-0.4, -0.2) is 33.4 Å². The van der Waals surface area contributed by atoms with Crippen molar-refractivity contribution >= 4 is 17.5 Å². The minimum absolute atomic E-state index is 0.0277. The van der Waals surface area contributed by atoms with Crippen LogP contribution in [0.25, 0.3) is 0 Å². The average Bonchev–Trinajstić information content (AvgIpc) is 2.57. The van der Waals surface area contributed by atoms with Crippen LogP contribution in [0.3, 0.4) is 0 Å². The van der Waals surface area contributed by atoms with Gasteiger partial charge in [0.2, 0.25) is 0 Å². The summed E-state index contributed by atoms with van der Waals surface area (Å²) >= 11 is 0. The molecule has 0 unspecified atom stereocenters. The zero-order valence-corrected chi connectivity index (χ0v) is 16.1. The van der Waals surface area contributed by atoms with Crippen LogP contribution in [0.1, 0.15) is 48.4 Å². The van der Waals surface area contributed by atoms with Crippen LogP contribution in [0.5, 0.6) is 0 Å². The zero-order valence-electron chi connectivity index (χ0n) is 16.1. The first-order valence-corrected chi connectivity index (χ1v) is 8.72. The van der Waals surface area contributed by atoms with Crippen molar-refractivity contribution in [3.63, 3.8) is 0 Å². The average molecular weight is 373 g/mol. The van der Waals surface area contributed by atoms with Crippen molar-refractivity contribution in [1.82, 2.24) is 9.47 Å². The number of amides is 2. The van der Waals surface area contributed by atoms with E-state index in [0.29, 0.717) is 0 Å². The van der Waals surface area contributed by atoms with Crippen LogP contribution in [0.15, 0.2) is 41.3 Å². The molecule has 0 saturated carbocycles. The van der Waals surface area contributed by atoms with Gasteiger partial charge in [0, 0.05) is 30.9 Å². The van der Waals surface area contributed by atoms with Gasteiger partial charge < -0.3 is 14.8 Å². The summed E-state index contributed by atoms with van der Waals surface area (Å²) in [6.45, 7) is 7.64. The van der Waals surface area contributed by atoms with Crippen molar-refractivity contribution in [3.8, 4) is 0 Å². The van der Waals surface area contributed by atoms with E-state index in [9.17, 15) is 18.8 Å². The van der Waals surface area contributed by atoms with E-state index in [1.165, 1.54) is 42.1 Å². The second kappa shape index (κ2) is 8.16. The number of pyridine rings is 1. The highest BCUT2D eigenvalue weighted by Crippen LogP contribution is 2.15. The summed E-state index contributed by atoms with van der Waals surface area (Å²) in [7, 11) is 1.51. The Bertz CT molecular complexity index is 911. The van der Waals surface area contributed by atoms with Crippen molar-refractivity contribution < 1.29 is 14.0 Å². The first kappa shape index (κ1) is 20.4. The number of carbonyl (C=O) groups is 2. The molecule has 2 aromatic rings. The molecule has 0 fully saturated rings. The highest BCUT2D eigenvalue weighted by molar-refractivity contribution is 6.05. The molecule has 1 aromatic heterocycles. The number of hydrogen-bond acceptors (Lipinski definition) is 3. The van der Waals surface area contributed by atoms with Gasteiger partial charge in [0.25, 0.3) is 17.4 Å². The van der Waals surface area contributed by atoms with Crippen LogP contribution in [0, 0.1) is 5.82 Å². The van der Waals surface area contributed by atoms with E-state index in [1.807, 2.05) is 27.7 Å².